The van der Waals surface area contributed by atoms with E-state index >= 15 is 0 Å². The van der Waals surface area contributed by atoms with E-state index in [1.54, 1.807) is 0 Å². The van der Waals surface area contributed by atoms with Gasteiger partial charge in [0, 0.05) is 18.2 Å². The van der Waals surface area contributed by atoms with Gasteiger partial charge in [-0.2, -0.15) is 0 Å². The van der Waals surface area contributed by atoms with Crippen LogP contribution < -0.4 is 6.15 Å². The summed E-state index contributed by atoms with van der Waals surface area (Å²) in [6.45, 7) is 0. The summed E-state index contributed by atoms with van der Waals surface area (Å²) in [4.78, 5) is 2.59. The first-order valence-corrected chi connectivity index (χ1v) is 4.10. The third kappa shape index (κ3) is 1.06. The summed E-state index contributed by atoms with van der Waals surface area (Å²) < 4.78 is 0. The molecule has 0 aromatic carbocycles. The van der Waals surface area contributed by atoms with Crippen LogP contribution in [0.1, 0.15) is 32.1 Å². The lowest BCUT2D eigenvalue weighted by atomic mass is 10.0. The Labute approximate surface area is 63.2 Å². The standard InChI is InChI=1S/C8H15N.N/c1-9-7-3-2-4-8(9)6-5-7;/h7-8H,2-6H2,1H3;/t7-,8+;. The van der Waals surface area contributed by atoms with E-state index in [0.717, 1.165) is 12.1 Å². The van der Waals surface area contributed by atoms with Crippen molar-refractivity contribution < 1.29 is 0 Å². The Kier molecular flexibility index (Phi) is 2.32. The predicted octanol–water partition coefficient (Wildman–Crippen LogP) is 1.15. The lowest BCUT2D eigenvalue weighted by Gasteiger charge is -2.30. The highest BCUT2D eigenvalue weighted by Crippen LogP contribution is 2.33. The lowest BCUT2D eigenvalue weighted by molar-refractivity contribution is 0.179. The van der Waals surface area contributed by atoms with Gasteiger partial charge in [-0.15, -0.1) is 0 Å². The van der Waals surface area contributed by atoms with Gasteiger partial charge in [0.2, 0.25) is 0 Å². The normalized spacial score (nSPS) is 39.3. The Morgan fingerprint density at radius 2 is 1.50 bits per heavy atom. The molecular formula is C8H15N2. The number of hydrogen-bond donors (Lipinski definition) is 0. The molecule has 2 heteroatoms. The summed E-state index contributed by atoms with van der Waals surface area (Å²) in [5, 5.41) is 0. The van der Waals surface area contributed by atoms with Crippen molar-refractivity contribution in [2.45, 2.75) is 44.2 Å². The van der Waals surface area contributed by atoms with E-state index < -0.39 is 0 Å². The van der Waals surface area contributed by atoms with Crippen LogP contribution in [0.2, 0.25) is 0 Å². The molecule has 2 rings (SSSR count). The minimum absolute atomic E-state index is 0. The van der Waals surface area contributed by atoms with Crippen LogP contribution in [0, 0.1) is 0 Å². The van der Waals surface area contributed by atoms with Crippen LogP contribution in [0.25, 0.3) is 0 Å². The monoisotopic (exact) mass is 139 g/mol. The van der Waals surface area contributed by atoms with Crippen molar-refractivity contribution in [1.82, 2.24) is 11.1 Å². The van der Waals surface area contributed by atoms with Gasteiger partial charge in [0.1, 0.15) is 0 Å². The predicted molar refractivity (Wildman–Crippen MR) is 40.6 cm³/mol. The van der Waals surface area contributed by atoms with Gasteiger partial charge in [-0.3, -0.25) is 0 Å². The van der Waals surface area contributed by atoms with Crippen LogP contribution in [0.3, 0.4) is 0 Å². The maximum atomic E-state index is 2.59. The van der Waals surface area contributed by atoms with Gasteiger partial charge in [0.25, 0.3) is 0 Å². The van der Waals surface area contributed by atoms with Crippen LogP contribution in [-0.4, -0.2) is 24.0 Å². The number of fused-ring (bicyclic) bond motifs is 2. The van der Waals surface area contributed by atoms with Crippen molar-refractivity contribution in [1.29, 1.82) is 0 Å². The van der Waals surface area contributed by atoms with Crippen molar-refractivity contribution in [3.8, 4) is 0 Å². The molecule has 2 saturated heterocycles. The van der Waals surface area contributed by atoms with E-state index in [4.69, 9.17) is 0 Å². The van der Waals surface area contributed by atoms with Gasteiger partial charge < -0.3 is 4.90 Å². The molecule has 0 unspecified atom stereocenters. The average Bonchev–Trinajstić information content (AvgIpc) is 2.19. The largest absolute Gasteiger partial charge is 0.300 e. The molecule has 2 atom stereocenters. The van der Waals surface area contributed by atoms with E-state index in [0.29, 0.717) is 0 Å². The molecule has 2 bridgehead atoms. The second kappa shape index (κ2) is 2.89. The van der Waals surface area contributed by atoms with E-state index in [2.05, 4.69) is 11.9 Å². The molecule has 2 heterocycles. The molecule has 2 fully saturated rings. The molecule has 10 heavy (non-hydrogen) atoms. The Hall–Kier alpha value is -0.0800. The average molecular weight is 139 g/mol. The van der Waals surface area contributed by atoms with Gasteiger partial charge in [0.05, 0.1) is 0 Å². The minimum Gasteiger partial charge on any atom is -0.300 e. The Morgan fingerprint density at radius 1 is 1.00 bits per heavy atom. The third-order valence-corrected chi connectivity index (χ3v) is 3.06. The molecule has 0 aromatic heterocycles. The van der Waals surface area contributed by atoms with Gasteiger partial charge in [0.15, 0.2) is 0 Å². The fourth-order valence-corrected chi connectivity index (χ4v) is 2.38. The zero-order valence-electron chi connectivity index (χ0n) is 6.58. The SMILES string of the molecule is CN1[C@@H]2CCC[C@H]1CC2.[N]. The second-order valence-corrected chi connectivity index (χ2v) is 3.48. The van der Waals surface area contributed by atoms with E-state index in [1.165, 1.54) is 32.1 Å². The molecule has 0 saturated carbocycles. The summed E-state index contributed by atoms with van der Waals surface area (Å²) in [6.07, 6.45) is 7.36. The molecule has 0 aliphatic carbocycles. The van der Waals surface area contributed by atoms with Crippen LogP contribution in [0.15, 0.2) is 0 Å². The highest BCUT2D eigenvalue weighted by molar-refractivity contribution is 4.89. The fraction of sp³-hybridized carbons (Fsp3) is 1.00. The van der Waals surface area contributed by atoms with Gasteiger partial charge in [-0.05, 0) is 32.7 Å². The van der Waals surface area contributed by atoms with Crippen molar-refractivity contribution in [2.24, 2.45) is 0 Å². The number of hydrogen-bond acceptors (Lipinski definition) is 1. The lowest BCUT2D eigenvalue weighted by Crippen LogP contribution is -2.35. The topological polar surface area (TPSA) is 33.7 Å². The Bertz CT molecular complexity index is 97.8. The smallest absolute Gasteiger partial charge is 0.00957 e. The van der Waals surface area contributed by atoms with Crippen LogP contribution in [-0.2, 0) is 0 Å². The van der Waals surface area contributed by atoms with E-state index in [9.17, 15) is 0 Å². The summed E-state index contributed by atoms with van der Waals surface area (Å²) >= 11 is 0. The minimum atomic E-state index is 0. The van der Waals surface area contributed by atoms with Crippen molar-refractivity contribution in [2.75, 3.05) is 7.05 Å². The molecule has 3 radical (unpaired) electrons. The van der Waals surface area contributed by atoms with Gasteiger partial charge in [-0.25, -0.2) is 0 Å². The molecule has 57 valence electrons. The zero-order chi connectivity index (χ0) is 6.27. The molecule has 0 spiro atoms. The first-order chi connectivity index (χ1) is 4.38. The highest BCUT2D eigenvalue weighted by Gasteiger charge is 2.33. The van der Waals surface area contributed by atoms with E-state index in [1.807, 2.05) is 0 Å². The second-order valence-electron chi connectivity index (χ2n) is 3.48. The number of piperidine rings is 1. The molecule has 2 aliphatic heterocycles. The highest BCUT2D eigenvalue weighted by atomic mass is 15.2. The molecular weight excluding hydrogens is 124 g/mol. The molecule has 0 N–H and O–H groups in total. The van der Waals surface area contributed by atoms with Gasteiger partial charge >= 0.3 is 0 Å². The van der Waals surface area contributed by atoms with Crippen molar-refractivity contribution >= 4 is 0 Å². The summed E-state index contributed by atoms with van der Waals surface area (Å²) in [5.74, 6) is 0. The first kappa shape index (κ1) is 8.02. The molecule has 0 amide bonds. The van der Waals surface area contributed by atoms with Crippen LogP contribution in [0.5, 0.6) is 0 Å². The maximum absolute atomic E-state index is 2.59. The summed E-state index contributed by atoms with van der Waals surface area (Å²) in [5.41, 5.74) is 0. The maximum Gasteiger partial charge on any atom is 0.00957 e. The van der Waals surface area contributed by atoms with Crippen molar-refractivity contribution in [3.63, 3.8) is 0 Å². The fourth-order valence-electron chi connectivity index (χ4n) is 2.38. The Balaban J connectivity index is 0.000000500. The van der Waals surface area contributed by atoms with Crippen molar-refractivity contribution in [3.05, 3.63) is 0 Å². The zero-order valence-corrected chi connectivity index (χ0v) is 6.58. The summed E-state index contributed by atoms with van der Waals surface area (Å²) in [7, 11) is 2.29. The third-order valence-electron chi connectivity index (χ3n) is 3.06. The summed E-state index contributed by atoms with van der Waals surface area (Å²) in [6, 6.07) is 1.92. The first-order valence-electron chi connectivity index (χ1n) is 4.10. The quantitative estimate of drug-likeness (QED) is 0.495. The molecule has 0 aromatic rings. The molecule has 2 nitrogen and oxygen atoms in total. The Morgan fingerprint density at radius 3 is 1.90 bits per heavy atom. The van der Waals surface area contributed by atoms with Crippen LogP contribution in [0.4, 0.5) is 0 Å². The van der Waals surface area contributed by atoms with Crippen LogP contribution >= 0.6 is 0 Å². The van der Waals surface area contributed by atoms with E-state index in [-0.39, 0.29) is 6.15 Å². The number of rotatable bonds is 0. The molecule has 2 aliphatic rings. The number of nitrogens with zero attached hydrogens (tertiary/aromatic N) is 2. The van der Waals surface area contributed by atoms with Gasteiger partial charge in [-0.1, -0.05) is 6.42 Å².